The first-order valence-electron chi connectivity index (χ1n) is 9.00. The second kappa shape index (κ2) is 8.75. The van der Waals surface area contributed by atoms with Gasteiger partial charge in [-0.15, -0.1) is 0 Å². The number of aryl methyl sites for hydroxylation is 1. The monoisotopic (exact) mass is 355 g/mol. The van der Waals surface area contributed by atoms with Crippen molar-refractivity contribution in [3.05, 3.63) is 59.7 Å². The molecule has 0 radical (unpaired) electrons. The Kier molecular flexibility index (Phi) is 6.67. The zero-order valence-corrected chi connectivity index (χ0v) is 16.3. The van der Waals surface area contributed by atoms with Crippen molar-refractivity contribution < 1.29 is 14.3 Å². The Morgan fingerprint density at radius 3 is 2.38 bits per heavy atom. The number of benzene rings is 2. The van der Waals surface area contributed by atoms with Crippen LogP contribution in [0.15, 0.2) is 48.5 Å². The molecule has 2 rings (SSSR count). The van der Waals surface area contributed by atoms with E-state index in [1.54, 1.807) is 6.92 Å². The van der Waals surface area contributed by atoms with Crippen LogP contribution in [0.1, 0.15) is 38.8 Å². The summed E-state index contributed by atoms with van der Waals surface area (Å²) in [7, 11) is 0. The van der Waals surface area contributed by atoms with Gasteiger partial charge in [0.05, 0.1) is 6.54 Å². The van der Waals surface area contributed by atoms with Gasteiger partial charge < -0.3 is 14.8 Å². The van der Waals surface area contributed by atoms with Gasteiger partial charge in [-0.3, -0.25) is 4.79 Å². The zero-order valence-electron chi connectivity index (χ0n) is 16.3. The molecule has 2 aromatic carbocycles. The summed E-state index contributed by atoms with van der Waals surface area (Å²) in [5.74, 6) is 1.34. The summed E-state index contributed by atoms with van der Waals surface area (Å²) in [6.45, 7) is 11.1. The number of carbonyl (C=O) groups is 1. The van der Waals surface area contributed by atoms with Gasteiger partial charge in [-0.25, -0.2) is 0 Å². The van der Waals surface area contributed by atoms with E-state index >= 15 is 0 Å². The molecule has 0 saturated heterocycles. The molecule has 4 heteroatoms. The van der Waals surface area contributed by atoms with E-state index in [-0.39, 0.29) is 11.3 Å². The van der Waals surface area contributed by atoms with E-state index in [9.17, 15) is 4.79 Å². The molecule has 1 N–H and O–H groups in total. The van der Waals surface area contributed by atoms with Gasteiger partial charge in [0, 0.05) is 0 Å². The highest BCUT2D eigenvalue weighted by atomic mass is 16.5. The van der Waals surface area contributed by atoms with E-state index in [2.05, 4.69) is 26.1 Å². The van der Waals surface area contributed by atoms with Crippen molar-refractivity contribution in [2.24, 2.45) is 0 Å². The van der Waals surface area contributed by atoms with E-state index in [1.165, 1.54) is 5.56 Å². The van der Waals surface area contributed by atoms with E-state index in [4.69, 9.17) is 9.47 Å². The first-order chi connectivity index (χ1) is 12.3. The second-order valence-electron chi connectivity index (χ2n) is 7.49. The third-order valence-corrected chi connectivity index (χ3v) is 4.06. The van der Waals surface area contributed by atoms with Gasteiger partial charge in [-0.05, 0) is 54.7 Å². The van der Waals surface area contributed by atoms with Gasteiger partial charge in [0.25, 0.3) is 5.91 Å². The fourth-order valence-corrected chi connectivity index (χ4v) is 2.48. The molecule has 0 spiro atoms. The summed E-state index contributed by atoms with van der Waals surface area (Å²) >= 11 is 0. The standard InChI is InChI=1S/C22H29NO3/c1-16-7-6-8-20(15-16)25-14-13-23-21(24)17(2)26-19-11-9-18(10-12-19)22(3,4)5/h6-12,15,17H,13-14H2,1-5H3,(H,23,24). The van der Waals surface area contributed by atoms with Gasteiger partial charge in [0.1, 0.15) is 18.1 Å². The number of amides is 1. The van der Waals surface area contributed by atoms with Crippen LogP contribution in [-0.4, -0.2) is 25.2 Å². The third kappa shape index (κ3) is 6.10. The largest absolute Gasteiger partial charge is 0.492 e. The van der Waals surface area contributed by atoms with Crippen LogP contribution in [0.5, 0.6) is 11.5 Å². The van der Waals surface area contributed by atoms with Crippen LogP contribution in [-0.2, 0) is 10.2 Å². The Balaban J connectivity index is 1.75. The van der Waals surface area contributed by atoms with Crippen LogP contribution in [0.4, 0.5) is 0 Å². The number of hydrogen-bond donors (Lipinski definition) is 1. The third-order valence-electron chi connectivity index (χ3n) is 4.06. The minimum atomic E-state index is -0.561. The Labute approximate surface area is 156 Å². The molecule has 1 unspecified atom stereocenters. The molecule has 0 aromatic heterocycles. The van der Waals surface area contributed by atoms with Crippen molar-refractivity contribution >= 4 is 5.91 Å². The lowest BCUT2D eigenvalue weighted by atomic mass is 9.87. The number of nitrogens with one attached hydrogen (secondary N) is 1. The minimum Gasteiger partial charge on any atom is -0.492 e. The molecule has 2 aromatic rings. The van der Waals surface area contributed by atoms with Gasteiger partial charge in [-0.2, -0.15) is 0 Å². The average Bonchev–Trinajstić information content (AvgIpc) is 2.58. The molecule has 1 atom stereocenters. The van der Waals surface area contributed by atoms with Crippen LogP contribution in [0.2, 0.25) is 0 Å². The molecule has 0 heterocycles. The Morgan fingerprint density at radius 1 is 1.08 bits per heavy atom. The molecule has 0 aliphatic rings. The summed E-state index contributed by atoms with van der Waals surface area (Å²) in [6, 6.07) is 15.7. The maximum atomic E-state index is 12.1. The lowest BCUT2D eigenvalue weighted by Gasteiger charge is -2.20. The molecule has 0 bridgehead atoms. The van der Waals surface area contributed by atoms with Gasteiger partial charge in [0.2, 0.25) is 0 Å². The van der Waals surface area contributed by atoms with Crippen LogP contribution in [0.25, 0.3) is 0 Å². The van der Waals surface area contributed by atoms with Crippen LogP contribution in [0, 0.1) is 6.92 Å². The fourth-order valence-electron chi connectivity index (χ4n) is 2.48. The molecule has 26 heavy (non-hydrogen) atoms. The lowest BCUT2D eigenvalue weighted by molar-refractivity contribution is -0.127. The Hall–Kier alpha value is -2.49. The van der Waals surface area contributed by atoms with Gasteiger partial charge in [-0.1, -0.05) is 45.0 Å². The number of rotatable bonds is 7. The molecule has 0 aliphatic carbocycles. The highest BCUT2D eigenvalue weighted by Gasteiger charge is 2.16. The predicted molar refractivity (Wildman–Crippen MR) is 105 cm³/mol. The molecule has 0 fully saturated rings. The quantitative estimate of drug-likeness (QED) is 0.755. The predicted octanol–water partition coefficient (Wildman–Crippen LogP) is 4.26. The molecular weight excluding hydrogens is 326 g/mol. The summed E-state index contributed by atoms with van der Waals surface area (Å²) in [5, 5.41) is 2.83. The van der Waals surface area contributed by atoms with E-state index in [0.717, 1.165) is 11.3 Å². The van der Waals surface area contributed by atoms with Crippen molar-refractivity contribution in [1.82, 2.24) is 5.32 Å². The van der Waals surface area contributed by atoms with Crippen LogP contribution >= 0.6 is 0 Å². The van der Waals surface area contributed by atoms with Crippen LogP contribution in [0.3, 0.4) is 0 Å². The summed E-state index contributed by atoms with van der Waals surface area (Å²) in [4.78, 5) is 12.1. The SMILES string of the molecule is Cc1cccc(OCCNC(=O)C(C)Oc2ccc(C(C)(C)C)cc2)c1. The molecule has 0 aliphatic heterocycles. The molecule has 1 amide bonds. The smallest absolute Gasteiger partial charge is 0.260 e. The zero-order chi connectivity index (χ0) is 19.2. The van der Waals surface area contributed by atoms with E-state index in [1.807, 2.05) is 55.5 Å². The first-order valence-corrected chi connectivity index (χ1v) is 9.00. The van der Waals surface area contributed by atoms with Crippen molar-refractivity contribution in [3.8, 4) is 11.5 Å². The van der Waals surface area contributed by atoms with Crippen molar-refractivity contribution in [1.29, 1.82) is 0 Å². The highest BCUT2D eigenvalue weighted by Crippen LogP contribution is 2.24. The molecule has 0 saturated carbocycles. The lowest BCUT2D eigenvalue weighted by Crippen LogP contribution is -2.38. The maximum absolute atomic E-state index is 12.1. The maximum Gasteiger partial charge on any atom is 0.260 e. The summed E-state index contributed by atoms with van der Waals surface area (Å²) in [5.41, 5.74) is 2.47. The summed E-state index contributed by atoms with van der Waals surface area (Å²) < 4.78 is 11.3. The number of ether oxygens (including phenoxy) is 2. The summed E-state index contributed by atoms with van der Waals surface area (Å²) in [6.07, 6.45) is -0.561. The Bertz CT molecular complexity index is 717. The van der Waals surface area contributed by atoms with Crippen LogP contribution < -0.4 is 14.8 Å². The molecular formula is C22H29NO3. The minimum absolute atomic E-state index is 0.0960. The first kappa shape index (κ1) is 19.8. The van der Waals surface area contributed by atoms with Crippen molar-refractivity contribution in [2.45, 2.75) is 46.1 Å². The number of carbonyl (C=O) groups excluding carboxylic acids is 1. The van der Waals surface area contributed by atoms with Crippen molar-refractivity contribution in [3.63, 3.8) is 0 Å². The van der Waals surface area contributed by atoms with E-state index in [0.29, 0.717) is 18.9 Å². The normalized spacial score (nSPS) is 12.3. The fraction of sp³-hybridized carbons (Fsp3) is 0.409. The van der Waals surface area contributed by atoms with Gasteiger partial charge >= 0.3 is 0 Å². The Morgan fingerprint density at radius 2 is 1.77 bits per heavy atom. The molecule has 140 valence electrons. The average molecular weight is 355 g/mol. The van der Waals surface area contributed by atoms with Crippen molar-refractivity contribution in [2.75, 3.05) is 13.2 Å². The highest BCUT2D eigenvalue weighted by molar-refractivity contribution is 5.80. The molecule has 4 nitrogen and oxygen atoms in total. The van der Waals surface area contributed by atoms with Gasteiger partial charge in [0.15, 0.2) is 6.10 Å². The number of hydrogen-bond acceptors (Lipinski definition) is 3. The second-order valence-corrected chi connectivity index (χ2v) is 7.49. The topological polar surface area (TPSA) is 47.6 Å². The van der Waals surface area contributed by atoms with E-state index < -0.39 is 6.10 Å².